The van der Waals surface area contributed by atoms with E-state index in [2.05, 4.69) is 70.2 Å². The summed E-state index contributed by atoms with van der Waals surface area (Å²) in [5.41, 5.74) is 6.95. The molecule has 0 saturated heterocycles. The maximum Gasteiger partial charge on any atom is 0.00637 e. The second kappa shape index (κ2) is 4.75. The van der Waals surface area contributed by atoms with Crippen molar-refractivity contribution in [3.63, 3.8) is 0 Å². The Balaban J connectivity index is 2.40. The zero-order valence-electron chi connectivity index (χ0n) is 11.1. The average Bonchev–Trinajstić information content (AvgIpc) is 2.32. The van der Waals surface area contributed by atoms with E-state index in [4.69, 9.17) is 0 Å². The summed E-state index contributed by atoms with van der Waals surface area (Å²) in [5.74, 6) is 0.468. The van der Waals surface area contributed by atoms with E-state index in [1.165, 1.54) is 27.8 Å². The van der Waals surface area contributed by atoms with E-state index in [0.717, 1.165) is 0 Å². The average molecular weight is 224 g/mol. The quantitative estimate of drug-likeness (QED) is 0.689. The Labute approximate surface area is 104 Å². The van der Waals surface area contributed by atoms with Crippen LogP contribution in [0, 0.1) is 20.8 Å². The number of hydrogen-bond acceptors (Lipinski definition) is 0. The molecule has 17 heavy (non-hydrogen) atoms. The molecular formula is C17H20. The first-order valence-electron chi connectivity index (χ1n) is 6.22. The largest absolute Gasteiger partial charge is 0.0620 e. The minimum Gasteiger partial charge on any atom is -0.0620 e. The molecule has 0 heteroatoms. The van der Waals surface area contributed by atoms with Crippen molar-refractivity contribution in [2.75, 3.05) is 0 Å². The molecule has 0 radical (unpaired) electrons. The monoisotopic (exact) mass is 224 g/mol. The molecular weight excluding hydrogens is 204 g/mol. The Kier molecular flexibility index (Phi) is 3.33. The van der Waals surface area contributed by atoms with Crippen LogP contribution in [-0.4, -0.2) is 0 Å². The Hall–Kier alpha value is -1.56. The van der Waals surface area contributed by atoms with Crippen LogP contribution in [0.4, 0.5) is 0 Å². The smallest absolute Gasteiger partial charge is 0.00637 e. The zero-order valence-corrected chi connectivity index (χ0v) is 11.1. The molecule has 1 atom stereocenters. The van der Waals surface area contributed by atoms with Gasteiger partial charge in [0.05, 0.1) is 0 Å². The fourth-order valence-electron chi connectivity index (χ4n) is 2.29. The van der Waals surface area contributed by atoms with E-state index < -0.39 is 0 Å². The first kappa shape index (κ1) is 11.9. The van der Waals surface area contributed by atoms with Crippen LogP contribution >= 0.6 is 0 Å². The highest BCUT2D eigenvalue weighted by Gasteiger charge is 2.10. The molecule has 0 bridgehead atoms. The van der Waals surface area contributed by atoms with Gasteiger partial charge in [0, 0.05) is 5.92 Å². The number of aryl methyl sites for hydroxylation is 3. The van der Waals surface area contributed by atoms with E-state index in [0.29, 0.717) is 5.92 Å². The van der Waals surface area contributed by atoms with Gasteiger partial charge in [0.2, 0.25) is 0 Å². The molecule has 0 aliphatic carbocycles. The van der Waals surface area contributed by atoms with Crippen LogP contribution in [0.1, 0.15) is 40.7 Å². The predicted octanol–water partition coefficient (Wildman–Crippen LogP) is 4.76. The van der Waals surface area contributed by atoms with Gasteiger partial charge in [0.15, 0.2) is 0 Å². The molecule has 0 nitrogen and oxygen atoms in total. The lowest BCUT2D eigenvalue weighted by atomic mass is 9.89. The Morgan fingerprint density at radius 3 is 2.12 bits per heavy atom. The molecule has 0 aliphatic rings. The van der Waals surface area contributed by atoms with Gasteiger partial charge < -0.3 is 0 Å². The van der Waals surface area contributed by atoms with Crippen LogP contribution in [0.2, 0.25) is 0 Å². The van der Waals surface area contributed by atoms with Crippen LogP contribution in [-0.2, 0) is 0 Å². The van der Waals surface area contributed by atoms with Crippen LogP contribution in [0.3, 0.4) is 0 Å². The summed E-state index contributed by atoms with van der Waals surface area (Å²) in [4.78, 5) is 0. The maximum absolute atomic E-state index is 2.31. The standard InChI is InChI=1S/C17H20/c1-12-9-10-16(11-14(12)3)15(4)17-8-6-5-7-13(17)2/h5-11,15H,1-4H3/t15-/m1/s1. The predicted molar refractivity (Wildman–Crippen MR) is 74.6 cm³/mol. The van der Waals surface area contributed by atoms with Gasteiger partial charge in [-0.15, -0.1) is 0 Å². The van der Waals surface area contributed by atoms with Crippen LogP contribution in [0.25, 0.3) is 0 Å². The highest BCUT2D eigenvalue weighted by Crippen LogP contribution is 2.27. The second-order valence-corrected chi connectivity index (χ2v) is 4.92. The molecule has 0 saturated carbocycles. The summed E-state index contributed by atoms with van der Waals surface area (Å²) in [6.45, 7) is 8.82. The fourth-order valence-corrected chi connectivity index (χ4v) is 2.29. The molecule has 0 spiro atoms. The van der Waals surface area contributed by atoms with Crippen LogP contribution in [0.15, 0.2) is 42.5 Å². The van der Waals surface area contributed by atoms with E-state index in [-0.39, 0.29) is 0 Å². The summed E-state index contributed by atoms with van der Waals surface area (Å²) < 4.78 is 0. The molecule has 2 aromatic rings. The van der Waals surface area contributed by atoms with Gasteiger partial charge in [-0.3, -0.25) is 0 Å². The molecule has 0 amide bonds. The van der Waals surface area contributed by atoms with Gasteiger partial charge >= 0.3 is 0 Å². The van der Waals surface area contributed by atoms with E-state index in [9.17, 15) is 0 Å². The normalized spacial score (nSPS) is 12.5. The lowest BCUT2D eigenvalue weighted by Crippen LogP contribution is -1.99. The molecule has 0 aliphatic heterocycles. The van der Waals surface area contributed by atoms with Gasteiger partial charge in [0.25, 0.3) is 0 Å². The van der Waals surface area contributed by atoms with Crippen LogP contribution < -0.4 is 0 Å². The highest BCUT2D eigenvalue weighted by atomic mass is 14.1. The van der Waals surface area contributed by atoms with Gasteiger partial charge in [-0.1, -0.05) is 49.4 Å². The molecule has 88 valence electrons. The third kappa shape index (κ3) is 2.41. The van der Waals surface area contributed by atoms with Crippen molar-refractivity contribution in [1.82, 2.24) is 0 Å². The molecule has 0 unspecified atom stereocenters. The van der Waals surface area contributed by atoms with Gasteiger partial charge in [-0.05, 0) is 48.6 Å². The van der Waals surface area contributed by atoms with E-state index >= 15 is 0 Å². The van der Waals surface area contributed by atoms with Crippen molar-refractivity contribution in [2.45, 2.75) is 33.6 Å². The van der Waals surface area contributed by atoms with Crippen molar-refractivity contribution >= 4 is 0 Å². The Morgan fingerprint density at radius 2 is 1.47 bits per heavy atom. The summed E-state index contributed by atoms with van der Waals surface area (Å²) in [6, 6.07) is 15.4. The third-order valence-corrected chi connectivity index (χ3v) is 3.69. The number of hydrogen-bond donors (Lipinski definition) is 0. The third-order valence-electron chi connectivity index (χ3n) is 3.69. The Morgan fingerprint density at radius 1 is 0.765 bits per heavy atom. The lowest BCUT2D eigenvalue weighted by molar-refractivity contribution is 0.906. The number of rotatable bonds is 2. The minimum atomic E-state index is 0.468. The summed E-state index contributed by atoms with van der Waals surface area (Å²) in [6.07, 6.45) is 0. The first-order valence-corrected chi connectivity index (χ1v) is 6.22. The van der Waals surface area contributed by atoms with Crippen molar-refractivity contribution in [1.29, 1.82) is 0 Å². The topological polar surface area (TPSA) is 0 Å². The van der Waals surface area contributed by atoms with Gasteiger partial charge in [-0.25, -0.2) is 0 Å². The highest BCUT2D eigenvalue weighted by molar-refractivity contribution is 5.39. The first-order chi connectivity index (χ1) is 8.09. The Bertz CT molecular complexity index is 523. The van der Waals surface area contributed by atoms with Crippen molar-refractivity contribution in [3.05, 3.63) is 70.3 Å². The molecule has 0 fully saturated rings. The molecule has 2 aromatic carbocycles. The van der Waals surface area contributed by atoms with Crippen molar-refractivity contribution < 1.29 is 0 Å². The maximum atomic E-state index is 2.31. The van der Waals surface area contributed by atoms with E-state index in [1.807, 2.05) is 0 Å². The fraction of sp³-hybridized carbons (Fsp3) is 0.294. The SMILES string of the molecule is Cc1ccc([C@@H](C)c2ccccc2C)cc1C. The van der Waals surface area contributed by atoms with Gasteiger partial charge in [0.1, 0.15) is 0 Å². The molecule has 0 heterocycles. The second-order valence-electron chi connectivity index (χ2n) is 4.92. The molecule has 0 aromatic heterocycles. The zero-order chi connectivity index (χ0) is 12.4. The summed E-state index contributed by atoms with van der Waals surface area (Å²) in [5, 5.41) is 0. The molecule has 0 N–H and O–H groups in total. The number of benzene rings is 2. The minimum absolute atomic E-state index is 0.468. The van der Waals surface area contributed by atoms with Crippen LogP contribution in [0.5, 0.6) is 0 Å². The molecule has 2 rings (SSSR count). The summed E-state index contributed by atoms with van der Waals surface area (Å²) >= 11 is 0. The van der Waals surface area contributed by atoms with Crippen molar-refractivity contribution in [2.24, 2.45) is 0 Å². The van der Waals surface area contributed by atoms with Crippen molar-refractivity contribution in [3.8, 4) is 0 Å². The summed E-state index contributed by atoms with van der Waals surface area (Å²) in [7, 11) is 0. The van der Waals surface area contributed by atoms with E-state index in [1.54, 1.807) is 0 Å². The van der Waals surface area contributed by atoms with Gasteiger partial charge in [-0.2, -0.15) is 0 Å². The lowest BCUT2D eigenvalue weighted by Gasteiger charge is -2.16.